The fourth-order valence-corrected chi connectivity index (χ4v) is 5.97. The lowest BCUT2D eigenvalue weighted by Crippen LogP contribution is -2.51. The lowest BCUT2D eigenvalue weighted by molar-refractivity contribution is -0.237. The van der Waals surface area contributed by atoms with Crippen molar-refractivity contribution in [3.63, 3.8) is 0 Å². The van der Waals surface area contributed by atoms with Crippen LogP contribution < -0.4 is 0 Å². The first-order valence-electron chi connectivity index (χ1n) is 11.3. The molecule has 30 heavy (non-hydrogen) atoms. The Balaban J connectivity index is 0.000000589. The van der Waals surface area contributed by atoms with Crippen LogP contribution in [-0.4, -0.2) is 29.8 Å². The summed E-state index contributed by atoms with van der Waals surface area (Å²) >= 11 is 0. The summed E-state index contributed by atoms with van der Waals surface area (Å²) in [4.78, 5) is 24.7. The molecule has 3 saturated carbocycles. The van der Waals surface area contributed by atoms with Crippen molar-refractivity contribution in [2.45, 2.75) is 97.4 Å². The molecule has 172 valence electrons. The number of hydrogen-bond donors (Lipinski definition) is 0. The molecule has 6 unspecified atom stereocenters. The Labute approximate surface area is 177 Å². The number of ether oxygens (including phenoxy) is 2. The number of esters is 2. The second-order valence-electron chi connectivity index (χ2n) is 10.9. The summed E-state index contributed by atoms with van der Waals surface area (Å²) in [6.45, 7) is 9.91. The molecular formula is C23H35F3O4. The summed E-state index contributed by atoms with van der Waals surface area (Å²) < 4.78 is 51.1. The van der Waals surface area contributed by atoms with Gasteiger partial charge in [-0.05, 0) is 62.2 Å². The maximum Gasteiger partial charge on any atom is 0.425 e. The van der Waals surface area contributed by atoms with Gasteiger partial charge in [0.2, 0.25) is 5.60 Å². The van der Waals surface area contributed by atoms with E-state index in [2.05, 4.69) is 20.8 Å². The second-order valence-corrected chi connectivity index (χ2v) is 10.9. The molecule has 4 fully saturated rings. The molecule has 0 aromatic heterocycles. The molecule has 7 heteroatoms. The first kappa shape index (κ1) is 23.4. The molecule has 3 aliphatic carbocycles. The molecule has 0 aromatic rings. The quantitative estimate of drug-likeness (QED) is 0.536. The van der Waals surface area contributed by atoms with Crippen LogP contribution >= 0.6 is 0 Å². The van der Waals surface area contributed by atoms with Crippen LogP contribution in [0.25, 0.3) is 0 Å². The van der Waals surface area contributed by atoms with Crippen LogP contribution in [0.4, 0.5) is 13.2 Å². The lowest BCUT2D eigenvalue weighted by Gasteiger charge is -2.35. The monoisotopic (exact) mass is 432 g/mol. The Kier molecular flexibility index (Phi) is 6.25. The number of alkyl halides is 3. The SMILES string of the molecule is CC(C)C.CC1(C)C2CCC1(C(=O)OC(CC1CC3CCC1C3)C(F)(F)F)OC2=O. The predicted octanol–water partition coefficient (Wildman–Crippen LogP) is 5.68. The van der Waals surface area contributed by atoms with Crippen molar-refractivity contribution < 1.29 is 32.2 Å². The minimum atomic E-state index is -4.61. The van der Waals surface area contributed by atoms with Crippen LogP contribution in [0.3, 0.4) is 0 Å². The van der Waals surface area contributed by atoms with E-state index in [1.165, 1.54) is 0 Å². The highest BCUT2D eigenvalue weighted by molar-refractivity contribution is 5.91. The van der Waals surface area contributed by atoms with E-state index in [9.17, 15) is 22.8 Å². The van der Waals surface area contributed by atoms with E-state index in [-0.39, 0.29) is 18.8 Å². The van der Waals surface area contributed by atoms with E-state index in [1.54, 1.807) is 13.8 Å². The van der Waals surface area contributed by atoms with Gasteiger partial charge < -0.3 is 9.47 Å². The Morgan fingerprint density at radius 3 is 2.20 bits per heavy atom. The van der Waals surface area contributed by atoms with E-state index in [0.29, 0.717) is 18.3 Å². The van der Waals surface area contributed by atoms with E-state index >= 15 is 0 Å². The summed E-state index contributed by atoms with van der Waals surface area (Å²) in [5.41, 5.74) is -2.42. The van der Waals surface area contributed by atoms with Crippen molar-refractivity contribution in [3.05, 3.63) is 0 Å². The average Bonchev–Trinajstić information content (AvgIpc) is 3.31. The number of carbonyl (C=O) groups excluding carboxylic acids is 2. The average molecular weight is 433 g/mol. The fourth-order valence-electron chi connectivity index (χ4n) is 5.97. The van der Waals surface area contributed by atoms with Gasteiger partial charge in [0.25, 0.3) is 0 Å². The molecule has 0 amide bonds. The summed E-state index contributed by atoms with van der Waals surface area (Å²) in [6.07, 6.45) is -2.36. The minimum absolute atomic E-state index is 0.0406. The molecule has 0 N–H and O–H groups in total. The van der Waals surface area contributed by atoms with Crippen molar-refractivity contribution in [2.75, 3.05) is 0 Å². The highest BCUT2D eigenvalue weighted by atomic mass is 19.4. The van der Waals surface area contributed by atoms with E-state index in [4.69, 9.17) is 9.47 Å². The van der Waals surface area contributed by atoms with Crippen molar-refractivity contribution in [1.29, 1.82) is 0 Å². The predicted molar refractivity (Wildman–Crippen MR) is 105 cm³/mol. The number of fused-ring (bicyclic) bond motifs is 4. The molecule has 0 aromatic carbocycles. The largest absolute Gasteiger partial charge is 0.450 e. The minimum Gasteiger partial charge on any atom is -0.450 e. The first-order valence-corrected chi connectivity index (χ1v) is 11.3. The highest BCUT2D eigenvalue weighted by Gasteiger charge is 2.71. The molecule has 4 nitrogen and oxygen atoms in total. The first-order chi connectivity index (χ1) is 13.8. The molecule has 6 atom stereocenters. The third-order valence-electron chi connectivity index (χ3n) is 7.60. The zero-order chi connectivity index (χ0) is 22.5. The molecule has 4 bridgehead atoms. The van der Waals surface area contributed by atoms with Gasteiger partial charge in [-0.2, -0.15) is 13.2 Å². The molecular weight excluding hydrogens is 397 g/mol. The molecule has 1 heterocycles. The van der Waals surface area contributed by atoms with Crippen LogP contribution in [0.15, 0.2) is 0 Å². The smallest absolute Gasteiger partial charge is 0.425 e. The van der Waals surface area contributed by atoms with E-state index in [1.807, 2.05) is 0 Å². The molecule has 1 saturated heterocycles. The summed E-state index contributed by atoms with van der Waals surface area (Å²) in [5, 5.41) is 0. The van der Waals surface area contributed by atoms with Gasteiger partial charge >= 0.3 is 18.1 Å². The Hall–Kier alpha value is -1.27. The fraction of sp³-hybridized carbons (Fsp3) is 0.913. The second kappa shape index (κ2) is 8.01. The van der Waals surface area contributed by atoms with Crippen LogP contribution in [0.2, 0.25) is 0 Å². The van der Waals surface area contributed by atoms with Crippen LogP contribution in [0, 0.1) is 35.0 Å². The van der Waals surface area contributed by atoms with Gasteiger partial charge in [-0.1, -0.05) is 41.0 Å². The Morgan fingerprint density at radius 2 is 1.80 bits per heavy atom. The van der Waals surface area contributed by atoms with Gasteiger partial charge in [0, 0.05) is 5.41 Å². The van der Waals surface area contributed by atoms with E-state index in [0.717, 1.165) is 31.6 Å². The normalized spacial score (nSPS) is 37.0. The third-order valence-corrected chi connectivity index (χ3v) is 7.60. The van der Waals surface area contributed by atoms with Crippen LogP contribution in [0.5, 0.6) is 0 Å². The summed E-state index contributed by atoms with van der Waals surface area (Å²) in [6, 6.07) is 0. The molecule has 4 aliphatic rings. The van der Waals surface area contributed by atoms with Crippen molar-refractivity contribution >= 4 is 11.9 Å². The lowest BCUT2D eigenvalue weighted by atomic mass is 9.75. The maximum atomic E-state index is 13.6. The van der Waals surface area contributed by atoms with Gasteiger partial charge in [-0.15, -0.1) is 0 Å². The van der Waals surface area contributed by atoms with Gasteiger partial charge in [0.15, 0.2) is 6.10 Å². The number of carbonyl (C=O) groups is 2. The van der Waals surface area contributed by atoms with Gasteiger partial charge in [0.05, 0.1) is 5.92 Å². The van der Waals surface area contributed by atoms with Crippen LogP contribution in [0.1, 0.15) is 79.6 Å². The zero-order valence-electron chi connectivity index (χ0n) is 18.7. The Morgan fingerprint density at radius 1 is 1.17 bits per heavy atom. The molecule has 0 radical (unpaired) electrons. The molecule has 1 aliphatic heterocycles. The zero-order valence-corrected chi connectivity index (χ0v) is 18.7. The van der Waals surface area contributed by atoms with Gasteiger partial charge in [-0.3, -0.25) is 4.79 Å². The van der Waals surface area contributed by atoms with Crippen molar-refractivity contribution in [3.8, 4) is 0 Å². The topological polar surface area (TPSA) is 52.6 Å². The number of rotatable bonds is 4. The third kappa shape index (κ3) is 4.10. The van der Waals surface area contributed by atoms with Crippen molar-refractivity contribution in [1.82, 2.24) is 0 Å². The standard InChI is InChI=1S/C19H25F3O4.C4H10/c1-17(2)13-5-6-18(17,26-15(13)23)16(24)25-14(19(20,21)22)9-12-8-10-3-4-11(12)7-10;1-4(2)3/h10-14H,3-9H2,1-2H3;4H,1-3H3. The summed E-state index contributed by atoms with van der Waals surface area (Å²) in [7, 11) is 0. The van der Waals surface area contributed by atoms with Crippen LogP contribution in [-0.2, 0) is 19.1 Å². The van der Waals surface area contributed by atoms with Gasteiger partial charge in [-0.25, -0.2) is 4.79 Å². The maximum absolute atomic E-state index is 13.6. The summed E-state index contributed by atoms with van der Waals surface area (Å²) in [5.74, 6) is -0.348. The van der Waals surface area contributed by atoms with Gasteiger partial charge in [0.1, 0.15) is 0 Å². The molecule has 0 spiro atoms. The number of halogens is 3. The highest BCUT2D eigenvalue weighted by Crippen LogP contribution is 2.59. The number of hydrogen-bond acceptors (Lipinski definition) is 4. The Bertz CT molecular complexity index is 669. The van der Waals surface area contributed by atoms with Crippen molar-refractivity contribution in [2.24, 2.45) is 35.0 Å². The molecule has 4 rings (SSSR count). The van der Waals surface area contributed by atoms with E-state index < -0.39 is 41.2 Å².